The summed E-state index contributed by atoms with van der Waals surface area (Å²) in [6.07, 6.45) is 9.94. The number of nitrogens with zero attached hydrogens (tertiary/aromatic N) is 1. The Morgan fingerprint density at radius 2 is 2.00 bits per heavy atom. The van der Waals surface area contributed by atoms with Gasteiger partial charge in [-0.3, -0.25) is 0 Å². The van der Waals surface area contributed by atoms with Gasteiger partial charge in [0, 0.05) is 0 Å². The SMILES string of the molecule is CCCC1CCC(C#N)(CCCSCC)CC1. The van der Waals surface area contributed by atoms with Crippen LogP contribution in [-0.2, 0) is 0 Å². The van der Waals surface area contributed by atoms with Gasteiger partial charge in [0.15, 0.2) is 0 Å². The smallest absolute Gasteiger partial charge is 0.0689 e. The molecule has 2 heteroatoms. The molecule has 0 aliphatic heterocycles. The van der Waals surface area contributed by atoms with Crippen molar-refractivity contribution >= 4 is 11.8 Å². The molecule has 0 N–H and O–H groups in total. The van der Waals surface area contributed by atoms with Gasteiger partial charge in [0.1, 0.15) is 0 Å². The number of hydrogen-bond donors (Lipinski definition) is 0. The van der Waals surface area contributed by atoms with Crippen LogP contribution in [0.1, 0.15) is 65.2 Å². The molecule has 1 aliphatic carbocycles. The molecule has 0 spiro atoms. The van der Waals surface area contributed by atoms with Crippen LogP contribution in [0.5, 0.6) is 0 Å². The Bertz CT molecular complexity index is 230. The van der Waals surface area contributed by atoms with Gasteiger partial charge in [0.05, 0.1) is 11.5 Å². The molecule has 0 bridgehead atoms. The molecule has 17 heavy (non-hydrogen) atoms. The van der Waals surface area contributed by atoms with E-state index in [9.17, 15) is 5.26 Å². The molecule has 0 aromatic rings. The summed E-state index contributed by atoms with van der Waals surface area (Å²) in [4.78, 5) is 0. The summed E-state index contributed by atoms with van der Waals surface area (Å²) in [5.74, 6) is 3.35. The predicted octanol–water partition coefficient (Wildman–Crippen LogP) is 5.02. The maximum Gasteiger partial charge on any atom is 0.0689 e. The molecule has 1 rings (SSSR count). The average Bonchev–Trinajstić information content (AvgIpc) is 2.37. The largest absolute Gasteiger partial charge is 0.198 e. The van der Waals surface area contributed by atoms with Crippen LogP contribution < -0.4 is 0 Å². The van der Waals surface area contributed by atoms with Crippen molar-refractivity contribution < 1.29 is 0 Å². The lowest BCUT2D eigenvalue weighted by molar-refractivity contribution is 0.189. The van der Waals surface area contributed by atoms with Gasteiger partial charge in [-0.2, -0.15) is 17.0 Å². The van der Waals surface area contributed by atoms with Crippen molar-refractivity contribution in [2.75, 3.05) is 11.5 Å². The van der Waals surface area contributed by atoms with Gasteiger partial charge in [-0.1, -0.05) is 26.7 Å². The Morgan fingerprint density at radius 3 is 2.53 bits per heavy atom. The highest BCUT2D eigenvalue weighted by atomic mass is 32.2. The van der Waals surface area contributed by atoms with E-state index in [4.69, 9.17) is 0 Å². The highest BCUT2D eigenvalue weighted by Gasteiger charge is 2.34. The maximum atomic E-state index is 9.46. The standard InChI is InChI=1S/C15H27NS/c1-3-6-14-7-10-15(13-16,11-8-14)9-5-12-17-4-2/h14H,3-12H2,1-2H3. The van der Waals surface area contributed by atoms with Crippen LogP contribution in [0.15, 0.2) is 0 Å². The summed E-state index contributed by atoms with van der Waals surface area (Å²) in [5.41, 5.74) is 0.0402. The van der Waals surface area contributed by atoms with Crippen molar-refractivity contribution in [2.24, 2.45) is 11.3 Å². The summed E-state index contributed by atoms with van der Waals surface area (Å²) < 4.78 is 0. The Hall–Kier alpha value is -0.160. The number of hydrogen-bond acceptors (Lipinski definition) is 2. The van der Waals surface area contributed by atoms with Crippen molar-refractivity contribution in [1.29, 1.82) is 5.26 Å². The van der Waals surface area contributed by atoms with E-state index in [1.807, 2.05) is 11.8 Å². The van der Waals surface area contributed by atoms with Gasteiger partial charge < -0.3 is 0 Å². The molecule has 0 heterocycles. The van der Waals surface area contributed by atoms with Gasteiger partial charge in [0.2, 0.25) is 0 Å². The molecular weight excluding hydrogens is 226 g/mol. The Balaban J connectivity index is 2.31. The Kier molecular flexibility index (Phi) is 7.04. The van der Waals surface area contributed by atoms with Crippen LogP contribution in [0.3, 0.4) is 0 Å². The first kappa shape index (κ1) is 14.9. The maximum absolute atomic E-state index is 9.46. The fourth-order valence-corrected chi connectivity index (χ4v) is 3.64. The first-order valence-electron chi connectivity index (χ1n) is 7.25. The van der Waals surface area contributed by atoms with E-state index < -0.39 is 0 Å². The van der Waals surface area contributed by atoms with Crippen LogP contribution in [-0.4, -0.2) is 11.5 Å². The topological polar surface area (TPSA) is 23.8 Å². The fourth-order valence-electron chi connectivity index (χ4n) is 3.00. The van der Waals surface area contributed by atoms with E-state index in [0.29, 0.717) is 0 Å². The lowest BCUT2D eigenvalue weighted by Crippen LogP contribution is -2.26. The number of rotatable bonds is 7. The molecule has 1 nitrogen and oxygen atoms in total. The third-order valence-corrected chi connectivity index (χ3v) is 5.13. The minimum Gasteiger partial charge on any atom is -0.198 e. The van der Waals surface area contributed by atoms with Crippen LogP contribution in [0.2, 0.25) is 0 Å². The Labute approximate surface area is 111 Å². The molecule has 0 amide bonds. The van der Waals surface area contributed by atoms with E-state index >= 15 is 0 Å². The van der Waals surface area contributed by atoms with Crippen molar-refractivity contribution in [3.63, 3.8) is 0 Å². The van der Waals surface area contributed by atoms with E-state index in [2.05, 4.69) is 19.9 Å². The van der Waals surface area contributed by atoms with Crippen LogP contribution >= 0.6 is 11.8 Å². The van der Waals surface area contributed by atoms with Crippen LogP contribution in [0.4, 0.5) is 0 Å². The second kappa shape index (κ2) is 8.03. The van der Waals surface area contributed by atoms with Gasteiger partial charge in [-0.05, 0) is 55.9 Å². The fraction of sp³-hybridized carbons (Fsp3) is 0.933. The molecular formula is C15H27NS. The van der Waals surface area contributed by atoms with Gasteiger partial charge in [-0.25, -0.2) is 0 Å². The summed E-state index contributed by atoms with van der Waals surface area (Å²) in [5, 5.41) is 9.46. The molecule has 1 aliphatic rings. The third-order valence-electron chi connectivity index (χ3n) is 4.14. The quantitative estimate of drug-likeness (QED) is 0.595. The molecule has 0 radical (unpaired) electrons. The van der Waals surface area contributed by atoms with Crippen molar-refractivity contribution in [3.05, 3.63) is 0 Å². The summed E-state index contributed by atoms with van der Waals surface area (Å²) >= 11 is 2.01. The molecule has 98 valence electrons. The van der Waals surface area contributed by atoms with E-state index in [-0.39, 0.29) is 5.41 Å². The first-order valence-corrected chi connectivity index (χ1v) is 8.41. The zero-order valence-corrected chi connectivity index (χ0v) is 12.3. The first-order chi connectivity index (χ1) is 8.26. The molecule has 1 fully saturated rings. The minimum absolute atomic E-state index is 0.0402. The van der Waals surface area contributed by atoms with Crippen LogP contribution in [0.25, 0.3) is 0 Å². The lowest BCUT2D eigenvalue weighted by Gasteiger charge is -2.35. The normalized spacial score (nSPS) is 28.9. The molecule has 0 saturated heterocycles. The number of thioether (sulfide) groups is 1. The summed E-state index contributed by atoms with van der Waals surface area (Å²) in [6.45, 7) is 4.48. The molecule has 0 unspecified atom stereocenters. The highest BCUT2D eigenvalue weighted by molar-refractivity contribution is 7.99. The average molecular weight is 253 g/mol. The predicted molar refractivity (Wildman–Crippen MR) is 77.1 cm³/mol. The van der Waals surface area contributed by atoms with E-state index in [1.54, 1.807) is 0 Å². The minimum atomic E-state index is 0.0402. The monoisotopic (exact) mass is 253 g/mol. The molecule has 0 aromatic carbocycles. The lowest BCUT2D eigenvalue weighted by atomic mass is 9.68. The molecule has 0 atom stereocenters. The number of nitriles is 1. The van der Waals surface area contributed by atoms with E-state index in [0.717, 1.165) is 25.2 Å². The third kappa shape index (κ3) is 4.92. The van der Waals surface area contributed by atoms with Gasteiger partial charge >= 0.3 is 0 Å². The van der Waals surface area contributed by atoms with Crippen molar-refractivity contribution in [3.8, 4) is 6.07 Å². The summed E-state index contributed by atoms with van der Waals surface area (Å²) in [6, 6.07) is 2.65. The van der Waals surface area contributed by atoms with Gasteiger partial charge in [0.25, 0.3) is 0 Å². The zero-order chi connectivity index (χ0) is 12.6. The zero-order valence-electron chi connectivity index (χ0n) is 11.5. The molecule has 0 aromatic heterocycles. The summed E-state index contributed by atoms with van der Waals surface area (Å²) in [7, 11) is 0. The second-order valence-corrected chi connectivity index (χ2v) is 6.82. The second-order valence-electron chi connectivity index (χ2n) is 5.42. The highest BCUT2D eigenvalue weighted by Crippen LogP contribution is 2.43. The van der Waals surface area contributed by atoms with Crippen LogP contribution in [0, 0.1) is 22.7 Å². The van der Waals surface area contributed by atoms with Crippen molar-refractivity contribution in [1.82, 2.24) is 0 Å². The van der Waals surface area contributed by atoms with Gasteiger partial charge in [-0.15, -0.1) is 0 Å². The van der Waals surface area contributed by atoms with Crippen molar-refractivity contribution in [2.45, 2.75) is 65.2 Å². The Morgan fingerprint density at radius 1 is 1.29 bits per heavy atom. The van der Waals surface area contributed by atoms with E-state index in [1.165, 1.54) is 43.6 Å². The molecule has 1 saturated carbocycles.